The lowest BCUT2D eigenvalue weighted by molar-refractivity contribution is -0.123. The molecule has 0 aliphatic heterocycles. The van der Waals surface area contributed by atoms with Crippen LogP contribution >= 0.6 is 0 Å². The lowest BCUT2D eigenvalue weighted by Gasteiger charge is -2.12. The van der Waals surface area contributed by atoms with Crippen molar-refractivity contribution in [3.05, 3.63) is 65.7 Å². The van der Waals surface area contributed by atoms with Gasteiger partial charge in [-0.3, -0.25) is 4.79 Å². The van der Waals surface area contributed by atoms with Crippen molar-refractivity contribution in [2.24, 2.45) is 0 Å². The Balaban J connectivity index is 1.66. The minimum absolute atomic E-state index is 0.0583. The quantitative estimate of drug-likeness (QED) is 0.846. The molecule has 1 unspecified atom stereocenters. The standard InChI is InChI=1S/C19H23NO2/c1-15-8-10-18(11-9-15)22-14-19(21)20-13-12-16(2)17-6-4-3-5-7-17/h3-11,16H,12-14H2,1-2H3,(H,20,21). The highest BCUT2D eigenvalue weighted by Gasteiger charge is 2.06. The fourth-order valence-electron chi connectivity index (χ4n) is 2.21. The highest BCUT2D eigenvalue weighted by Crippen LogP contribution is 2.17. The van der Waals surface area contributed by atoms with E-state index < -0.39 is 0 Å². The summed E-state index contributed by atoms with van der Waals surface area (Å²) in [6, 6.07) is 18.0. The van der Waals surface area contributed by atoms with Gasteiger partial charge in [0.1, 0.15) is 5.75 Å². The minimum atomic E-state index is -0.0826. The highest BCUT2D eigenvalue weighted by molar-refractivity contribution is 5.77. The van der Waals surface area contributed by atoms with Crippen LogP contribution in [-0.4, -0.2) is 19.1 Å². The van der Waals surface area contributed by atoms with Crippen molar-refractivity contribution in [1.29, 1.82) is 0 Å². The largest absolute Gasteiger partial charge is 0.484 e. The molecule has 2 rings (SSSR count). The lowest BCUT2D eigenvalue weighted by atomic mass is 9.98. The van der Waals surface area contributed by atoms with Crippen LogP contribution in [0.25, 0.3) is 0 Å². The molecular weight excluding hydrogens is 274 g/mol. The molecule has 2 aromatic rings. The van der Waals surface area contributed by atoms with Crippen molar-refractivity contribution in [2.45, 2.75) is 26.2 Å². The zero-order valence-corrected chi connectivity index (χ0v) is 13.2. The Kier molecular flexibility index (Phi) is 6.01. The monoisotopic (exact) mass is 297 g/mol. The van der Waals surface area contributed by atoms with Gasteiger partial charge in [0.2, 0.25) is 0 Å². The average Bonchev–Trinajstić information content (AvgIpc) is 2.55. The lowest BCUT2D eigenvalue weighted by Crippen LogP contribution is -2.30. The summed E-state index contributed by atoms with van der Waals surface area (Å²) < 4.78 is 5.45. The van der Waals surface area contributed by atoms with Gasteiger partial charge in [0, 0.05) is 6.54 Å². The Morgan fingerprint density at radius 1 is 1.09 bits per heavy atom. The first-order valence-corrected chi connectivity index (χ1v) is 7.66. The van der Waals surface area contributed by atoms with Crippen molar-refractivity contribution in [3.8, 4) is 5.75 Å². The number of amides is 1. The van der Waals surface area contributed by atoms with Crippen LogP contribution < -0.4 is 10.1 Å². The molecule has 0 fully saturated rings. The van der Waals surface area contributed by atoms with Gasteiger partial charge in [-0.25, -0.2) is 0 Å². The summed E-state index contributed by atoms with van der Waals surface area (Å²) in [7, 11) is 0. The molecule has 22 heavy (non-hydrogen) atoms. The van der Waals surface area contributed by atoms with Crippen molar-refractivity contribution in [3.63, 3.8) is 0 Å². The molecule has 3 heteroatoms. The molecule has 0 aliphatic carbocycles. The number of benzene rings is 2. The Morgan fingerprint density at radius 3 is 2.45 bits per heavy atom. The maximum atomic E-state index is 11.8. The summed E-state index contributed by atoms with van der Waals surface area (Å²) >= 11 is 0. The Labute approximate surface area is 132 Å². The number of carbonyl (C=O) groups is 1. The average molecular weight is 297 g/mol. The fourth-order valence-corrected chi connectivity index (χ4v) is 2.21. The van der Waals surface area contributed by atoms with Crippen LogP contribution in [0, 0.1) is 6.92 Å². The third kappa shape index (κ3) is 5.24. The molecular formula is C19H23NO2. The molecule has 0 spiro atoms. The first kappa shape index (κ1) is 16.1. The topological polar surface area (TPSA) is 38.3 Å². The zero-order chi connectivity index (χ0) is 15.8. The third-order valence-electron chi connectivity index (χ3n) is 3.66. The third-order valence-corrected chi connectivity index (χ3v) is 3.66. The van der Waals surface area contributed by atoms with Crippen LogP contribution in [0.15, 0.2) is 54.6 Å². The summed E-state index contributed by atoms with van der Waals surface area (Å²) in [6.07, 6.45) is 0.917. The first-order chi connectivity index (χ1) is 10.6. The SMILES string of the molecule is Cc1ccc(OCC(=O)NCCC(C)c2ccccc2)cc1. The predicted octanol–water partition coefficient (Wildman–Crippen LogP) is 3.68. The van der Waals surface area contributed by atoms with E-state index in [2.05, 4.69) is 24.4 Å². The fraction of sp³-hybridized carbons (Fsp3) is 0.316. The smallest absolute Gasteiger partial charge is 0.257 e. The number of hydrogen-bond acceptors (Lipinski definition) is 2. The number of hydrogen-bond donors (Lipinski definition) is 1. The summed E-state index contributed by atoms with van der Waals surface area (Å²) in [5.41, 5.74) is 2.47. The summed E-state index contributed by atoms with van der Waals surface area (Å²) in [4.78, 5) is 11.8. The molecule has 0 radical (unpaired) electrons. The summed E-state index contributed by atoms with van der Waals surface area (Å²) in [5.74, 6) is 1.07. The Morgan fingerprint density at radius 2 is 1.77 bits per heavy atom. The summed E-state index contributed by atoms with van der Waals surface area (Å²) in [5, 5.41) is 2.90. The normalized spacial score (nSPS) is 11.7. The van der Waals surface area contributed by atoms with Gasteiger partial charge in [0.25, 0.3) is 5.91 Å². The van der Waals surface area contributed by atoms with E-state index in [0.29, 0.717) is 12.5 Å². The van der Waals surface area contributed by atoms with E-state index in [1.165, 1.54) is 11.1 Å². The van der Waals surface area contributed by atoms with Crippen LogP contribution in [0.2, 0.25) is 0 Å². The molecule has 0 heterocycles. The van der Waals surface area contributed by atoms with E-state index in [1.807, 2.05) is 49.4 Å². The van der Waals surface area contributed by atoms with E-state index in [9.17, 15) is 4.79 Å². The molecule has 0 bridgehead atoms. The van der Waals surface area contributed by atoms with E-state index >= 15 is 0 Å². The Bertz CT molecular complexity index is 578. The molecule has 0 aliphatic rings. The molecule has 1 amide bonds. The molecule has 3 nitrogen and oxygen atoms in total. The van der Waals surface area contributed by atoms with Crippen LogP contribution in [0.3, 0.4) is 0 Å². The predicted molar refractivity (Wildman–Crippen MR) is 89.2 cm³/mol. The molecule has 0 aromatic heterocycles. The van der Waals surface area contributed by atoms with Crippen molar-refractivity contribution in [1.82, 2.24) is 5.32 Å². The van der Waals surface area contributed by atoms with E-state index in [4.69, 9.17) is 4.74 Å². The van der Waals surface area contributed by atoms with Gasteiger partial charge in [-0.2, -0.15) is 0 Å². The summed E-state index contributed by atoms with van der Waals surface area (Å²) in [6.45, 7) is 4.91. The van der Waals surface area contributed by atoms with Crippen molar-refractivity contribution < 1.29 is 9.53 Å². The van der Waals surface area contributed by atoms with Gasteiger partial charge < -0.3 is 10.1 Å². The van der Waals surface area contributed by atoms with Gasteiger partial charge >= 0.3 is 0 Å². The van der Waals surface area contributed by atoms with E-state index in [-0.39, 0.29) is 12.5 Å². The van der Waals surface area contributed by atoms with Gasteiger partial charge in [-0.05, 0) is 37.0 Å². The van der Waals surface area contributed by atoms with Gasteiger partial charge in [0.05, 0.1) is 0 Å². The van der Waals surface area contributed by atoms with E-state index in [0.717, 1.165) is 12.2 Å². The number of rotatable bonds is 7. The molecule has 2 aromatic carbocycles. The van der Waals surface area contributed by atoms with Gasteiger partial charge in [0.15, 0.2) is 6.61 Å². The van der Waals surface area contributed by atoms with Crippen LogP contribution in [0.4, 0.5) is 0 Å². The number of carbonyl (C=O) groups excluding carboxylic acids is 1. The second kappa shape index (κ2) is 8.23. The van der Waals surface area contributed by atoms with Crippen LogP contribution in [0.1, 0.15) is 30.4 Å². The molecule has 1 N–H and O–H groups in total. The van der Waals surface area contributed by atoms with Gasteiger partial charge in [-0.1, -0.05) is 55.0 Å². The van der Waals surface area contributed by atoms with Crippen LogP contribution in [-0.2, 0) is 4.79 Å². The number of aryl methyl sites for hydroxylation is 1. The van der Waals surface area contributed by atoms with Crippen molar-refractivity contribution in [2.75, 3.05) is 13.2 Å². The molecule has 0 saturated carbocycles. The number of nitrogens with one attached hydrogen (secondary N) is 1. The first-order valence-electron chi connectivity index (χ1n) is 7.66. The van der Waals surface area contributed by atoms with Crippen LogP contribution in [0.5, 0.6) is 5.75 Å². The zero-order valence-electron chi connectivity index (χ0n) is 13.2. The highest BCUT2D eigenvalue weighted by atomic mass is 16.5. The Hall–Kier alpha value is -2.29. The second-order valence-electron chi connectivity index (χ2n) is 5.55. The second-order valence-corrected chi connectivity index (χ2v) is 5.55. The maximum absolute atomic E-state index is 11.8. The minimum Gasteiger partial charge on any atom is -0.484 e. The molecule has 0 saturated heterocycles. The van der Waals surface area contributed by atoms with Crippen molar-refractivity contribution >= 4 is 5.91 Å². The maximum Gasteiger partial charge on any atom is 0.257 e. The molecule has 1 atom stereocenters. The van der Waals surface area contributed by atoms with Gasteiger partial charge in [-0.15, -0.1) is 0 Å². The molecule has 116 valence electrons. The van der Waals surface area contributed by atoms with E-state index in [1.54, 1.807) is 0 Å². The number of ether oxygens (including phenoxy) is 1.